The molecule has 3 aromatic carbocycles. The van der Waals surface area contributed by atoms with Crippen LogP contribution in [-0.2, 0) is 20.4 Å². The molecule has 2 aliphatic rings. The van der Waals surface area contributed by atoms with Crippen LogP contribution in [-0.4, -0.2) is 54.6 Å². The van der Waals surface area contributed by atoms with Gasteiger partial charge in [0.2, 0.25) is 0 Å². The topological polar surface area (TPSA) is 79.7 Å². The summed E-state index contributed by atoms with van der Waals surface area (Å²) in [5.74, 6) is 0.885. The Bertz CT molecular complexity index is 1910. The fraction of sp³-hybridized carbons (Fsp3) is 0.350. The van der Waals surface area contributed by atoms with Gasteiger partial charge in [-0.15, -0.1) is 0 Å². The number of fused-ring (bicyclic) bond motifs is 2. The van der Waals surface area contributed by atoms with Crippen LogP contribution in [0.5, 0.6) is 5.75 Å². The molecule has 0 bridgehead atoms. The van der Waals surface area contributed by atoms with Crippen LogP contribution >= 0.6 is 0 Å². The minimum Gasteiger partial charge on any atom is -0.497 e. The van der Waals surface area contributed by atoms with E-state index < -0.39 is 14.1 Å². The maximum Gasteiger partial charge on any atom is 0.261 e. The summed E-state index contributed by atoms with van der Waals surface area (Å²) >= 11 is 0. The Morgan fingerprint density at radius 3 is 2.14 bits per heavy atom. The van der Waals surface area contributed by atoms with E-state index in [0.29, 0.717) is 13.2 Å². The molecule has 9 heteroatoms. The first-order valence-corrected chi connectivity index (χ1v) is 18.9. The first-order chi connectivity index (χ1) is 23.5. The third kappa shape index (κ3) is 5.99. The van der Waals surface area contributed by atoms with Crippen molar-refractivity contribution < 1.29 is 18.6 Å². The Hall–Kier alpha value is -4.28. The SMILES string of the molecule is COc1ccc(CNc2ncnc3c2ccn3[C@@H]2C(C)=C(CO[Si](c3ccccc3)(c3ccccc3)C(C)(C)C)[C@H]3OC(C)(C)O[C@H]32)cc1. The van der Waals surface area contributed by atoms with Crippen LogP contribution in [0, 0.1) is 0 Å². The standard InChI is InChI=1S/C40H46N4O4Si/c1-27-33(25-46-49(39(2,3)4,30-14-10-8-11-15-30)31-16-12-9-13-17-31)35-36(48-40(5,6)47-35)34(27)44-23-22-32-37(42-26-43-38(32)44)41-24-28-18-20-29(45-7)21-19-28/h8-23,26,34-36H,24-25H2,1-7H3,(H,41,42,43)/t34-,35-,36+/m1/s1. The molecular formula is C40H46N4O4Si. The minimum atomic E-state index is -2.78. The molecule has 5 aromatic rings. The van der Waals surface area contributed by atoms with Crippen molar-refractivity contribution in [1.82, 2.24) is 14.5 Å². The van der Waals surface area contributed by atoms with Gasteiger partial charge in [-0.2, -0.15) is 0 Å². The van der Waals surface area contributed by atoms with Crippen LogP contribution < -0.4 is 20.4 Å². The minimum absolute atomic E-state index is 0.119. The number of anilines is 1. The summed E-state index contributed by atoms with van der Waals surface area (Å²) < 4.78 is 28.3. The summed E-state index contributed by atoms with van der Waals surface area (Å²) in [6.07, 6.45) is 3.26. The summed E-state index contributed by atoms with van der Waals surface area (Å²) in [4.78, 5) is 9.40. The van der Waals surface area contributed by atoms with E-state index in [1.165, 1.54) is 15.9 Å². The van der Waals surface area contributed by atoms with E-state index in [9.17, 15) is 0 Å². The monoisotopic (exact) mass is 674 g/mol. The average molecular weight is 675 g/mol. The lowest BCUT2D eigenvalue weighted by Crippen LogP contribution is -2.66. The molecule has 3 atom stereocenters. The number of benzene rings is 3. The lowest BCUT2D eigenvalue weighted by molar-refractivity contribution is -0.148. The van der Waals surface area contributed by atoms with Gasteiger partial charge in [0.25, 0.3) is 8.32 Å². The lowest BCUT2D eigenvalue weighted by atomic mass is 10.1. The number of methoxy groups -OCH3 is 1. The van der Waals surface area contributed by atoms with Crippen molar-refractivity contribution in [2.45, 2.75) is 77.2 Å². The summed E-state index contributed by atoms with van der Waals surface area (Å²) in [5.41, 5.74) is 4.31. The van der Waals surface area contributed by atoms with Gasteiger partial charge in [0.05, 0.1) is 25.1 Å². The Labute approximate surface area is 290 Å². The molecule has 1 fully saturated rings. The number of aromatic nitrogens is 3. The molecule has 7 rings (SSSR count). The zero-order valence-corrected chi connectivity index (χ0v) is 30.4. The predicted molar refractivity (Wildman–Crippen MR) is 197 cm³/mol. The van der Waals surface area contributed by atoms with Gasteiger partial charge >= 0.3 is 0 Å². The van der Waals surface area contributed by atoms with Crippen LogP contribution in [0.25, 0.3) is 11.0 Å². The normalized spacial score (nSPS) is 20.5. The van der Waals surface area contributed by atoms with Crippen molar-refractivity contribution in [3.8, 4) is 5.75 Å². The summed E-state index contributed by atoms with van der Waals surface area (Å²) in [6, 6.07) is 31.6. The van der Waals surface area contributed by atoms with Gasteiger partial charge < -0.3 is 28.5 Å². The smallest absolute Gasteiger partial charge is 0.261 e. The molecule has 2 aromatic heterocycles. The first kappa shape index (κ1) is 33.2. The molecule has 0 amide bonds. The molecular weight excluding hydrogens is 629 g/mol. The zero-order chi connectivity index (χ0) is 34.4. The van der Waals surface area contributed by atoms with Crippen LogP contribution in [0.15, 0.2) is 115 Å². The highest BCUT2D eigenvalue weighted by atomic mass is 28.4. The summed E-state index contributed by atoms with van der Waals surface area (Å²) in [6.45, 7) is 14.2. The zero-order valence-electron chi connectivity index (χ0n) is 29.4. The van der Waals surface area contributed by atoms with Crippen LogP contribution in [0.2, 0.25) is 5.04 Å². The summed E-state index contributed by atoms with van der Waals surface area (Å²) in [5, 5.41) is 6.84. The maximum absolute atomic E-state index is 7.45. The highest BCUT2D eigenvalue weighted by Crippen LogP contribution is 2.49. The first-order valence-electron chi connectivity index (χ1n) is 17.0. The Morgan fingerprint density at radius 1 is 0.878 bits per heavy atom. The van der Waals surface area contributed by atoms with E-state index in [4.69, 9.17) is 23.6 Å². The van der Waals surface area contributed by atoms with Crippen LogP contribution in [0.3, 0.4) is 0 Å². The second kappa shape index (κ2) is 12.9. The van der Waals surface area contributed by atoms with Crippen molar-refractivity contribution in [2.75, 3.05) is 19.0 Å². The fourth-order valence-corrected chi connectivity index (χ4v) is 12.3. The molecule has 1 aliphatic heterocycles. The average Bonchev–Trinajstić information content (AvgIpc) is 3.73. The molecule has 0 radical (unpaired) electrons. The van der Waals surface area contributed by atoms with Gasteiger partial charge in [0.1, 0.15) is 35.7 Å². The number of nitrogens with one attached hydrogen (secondary N) is 1. The van der Waals surface area contributed by atoms with Gasteiger partial charge in [-0.25, -0.2) is 9.97 Å². The number of hydrogen-bond acceptors (Lipinski definition) is 7. The molecule has 1 saturated heterocycles. The molecule has 0 saturated carbocycles. The Kier molecular flexibility index (Phi) is 8.73. The van der Waals surface area contributed by atoms with E-state index in [2.05, 4.69) is 128 Å². The van der Waals surface area contributed by atoms with Crippen molar-refractivity contribution in [3.05, 3.63) is 120 Å². The summed E-state index contributed by atoms with van der Waals surface area (Å²) in [7, 11) is -1.11. The second-order valence-corrected chi connectivity index (χ2v) is 18.8. The van der Waals surface area contributed by atoms with Crippen molar-refractivity contribution in [3.63, 3.8) is 0 Å². The van der Waals surface area contributed by atoms with Gasteiger partial charge in [0, 0.05) is 12.7 Å². The largest absolute Gasteiger partial charge is 0.497 e. The van der Waals surface area contributed by atoms with E-state index >= 15 is 0 Å². The van der Waals surface area contributed by atoms with Crippen molar-refractivity contribution in [1.29, 1.82) is 0 Å². The highest BCUT2D eigenvalue weighted by molar-refractivity contribution is 6.99. The van der Waals surface area contributed by atoms with E-state index in [1.54, 1.807) is 13.4 Å². The quantitative estimate of drug-likeness (QED) is 0.126. The Morgan fingerprint density at radius 2 is 1.53 bits per heavy atom. The maximum atomic E-state index is 7.45. The molecule has 0 spiro atoms. The third-order valence-corrected chi connectivity index (χ3v) is 15.0. The molecule has 1 N–H and O–H groups in total. The van der Waals surface area contributed by atoms with Gasteiger partial charge in [0.15, 0.2) is 5.79 Å². The molecule has 8 nitrogen and oxygen atoms in total. The van der Waals surface area contributed by atoms with E-state index in [0.717, 1.165) is 33.7 Å². The number of nitrogens with zero attached hydrogens (tertiary/aromatic N) is 3. The van der Waals surface area contributed by atoms with Crippen molar-refractivity contribution >= 4 is 35.5 Å². The molecule has 0 unspecified atom stereocenters. The predicted octanol–water partition coefficient (Wildman–Crippen LogP) is 7.02. The van der Waals surface area contributed by atoms with Crippen LogP contribution in [0.4, 0.5) is 5.82 Å². The van der Waals surface area contributed by atoms with E-state index in [1.807, 2.05) is 26.0 Å². The fourth-order valence-electron chi connectivity index (χ4n) is 7.73. The van der Waals surface area contributed by atoms with Gasteiger partial charge in [-0.3, -0.25) is 0 Å². The number of ether oxygens (including phenoxy) is 3. The third-order valence-electron chi connectivity index (χ3n) is 10.0. The van der Waals surface area contributed by atoms with Gasteiger partial charge in [-0.1, -0.05) is 93.6 Å². The van der Waals surface area contributed by atoms with Gasteiger partial charge in [-0.05, 0) is 71.1 Å². The molecule has 3 heterocycles. The van der Waals surface area contributed by atoms with Crippen LogP contribution in [0.1, 0.15) is 53.1 Å². The highest BCUT2D eigenvalue weighted by Gasteiger charge is 2.55. The lowest BCUT2D eigenvalue weighted by Gasteiger charge is -2.43. The molecule has 1 aliphatic carbocycles. The second-order valence-electron chi connectivity index (χ2n) is 14.5. The molecule has 254 valence electrons. The van der Waals surface area contributed by atoms with E-state index in [-0.39, 0.29) is 23.3 Å². The number of rotatable bonds is 10. The number of hydrogen-bond donors (Lipinski definition) is 1. The Balaban J connectivity index is 1.25. The van der Waals surface area contributed by atoms with Crippen molar-refractivity contribution in [2.24, 2.45) is 0 Å². The molecule has 49 heavy (non-hydrogen) atoms.